The summed E-state index contributed by atoms with van der Waals surface area (Å²) in [5.41, 5.74) is -0.588. The fourth-order valence-corrected chi connectivity index (χ4v) is 3.29. The molecule has 0 aliphatic carbocycles. The quantitative estimate of drug-likeness (QED) is 0.299. The SMILES string of the molecule is O.O.O=C([O-])C1(C(=O)[O-])CC(c2ccc3ccccc3n2)=Nc2ccccc21.[Na+].[Na+]. The Hall–Kier alpha value is -1.62. The molecule has 10 heteroatoms. The smallest absolute Gasteiger partial charge is 0.549 e. The molecule has 1 aromatic heterocycles. The van der Waals surface area contributed by atoms with Gasteiger partial charge in [0.2, 0.25) is 0 Å². The molecule has 8 nitrogen and oxygen atoms in total. The van der Waals surface area contributed by atoms with Gasteiger partial charge in [0.1, 0.15) is 0 Å². The van der Waals surface area contributed by atoms with Crippen molar-refractivity contribution in [2.45, 2.75) is 11.8 Å². The first-order chi connectivity index (χ1) is 12.5. The second-order valence-electron chi connectivity index (χ2n) is 6.12. The molecule has 2 aromatic carbocycles. The normalized spacial score (nSPS) is 13.1. The molecule has 0 spiro atoms. The van der Waals surface area contributed by atoms with Crippen LogP contribution in [0.15, 0.2) is 65.7 Å². The number of hydrogen-bond acceptors (Lipinski definition) is 6. The van der Waals surface area contributed by atoms with Crippen LogP contribution in [0.4, 0.5) is 5.69 Å². The van der Waals surface area contributed by atoms with E-state index in [1.807, 2.05) is 30.3 Å². The molecule has 4 rings (SSSR count). The molecule has 0 amide bonds. The Morgan fingerprint density at radius 3 is 2.10 bits per heavy atom. The van der Waals surface area contributed by atoms with Crippen LogP contribution in [0.1, 0.15) is 17.7 Å². The number of carbonyl (C=O) groups is 2. The third-order valence-electron chi connectivity index (χ3n) is 4.64. The Kier molecular flexibility index (Phi) is 10.5. The first-order valence-corrected chi connectivity index (χ1v) is 7.98. The molecular formula is C20H16N2Na2O6. The molecule has 0 bridgehead atoms. The third kappa shape index (κ3) is 4.66. The number of nitrogens with zero attached hydrogens (tertiary/aromatic N) is 2. The van der Waals surface area contributed by atoms with Crippen molar-refractivity contribution in [1.29, 1.82) is 0 Å². The number of rotatable bonds is 3. The van der Waals surface area contributed by atoms with Gasteiger partial charge in [-0.25, -0.2) is 4.98 Å². The van der Waals surface area contributed by atoms with E-state index in [1.54, 1.807) is 24.3 Å². The number of para-hydroxylation sites is 2. The topological polar surface area (TPSA) is 169 Å². The van der Waals surface area contributed by atoms with E-state index in [2.05, 4.69) is 9.98 Å². The van der Waals surface area contributed by atoms with Crippen LogP contribution in [0, 0.1) is 0 Å². The fourth-order valence-electron chi connectivity index (χ4n) is 3.29. The van der Waals surface area contributed by atoms with Crippen molar-refractivity contribution in [3.63, 3.8) is 0 Å². The molecule has 144 valence electrons. The molecule has 0 unspecified atom stereocenters. The van der Waals surface area contributed by atoms with E-state index < -0.39 is 17.4 Å². The van der Waals surface area contributed by atoms with Gasteiger partial charge in [0.05, 0.1) is 40.0 Å². The zero-order chi connectivity index (χ0) is 18.3. The van der Waals surface area contributed by atoms with Gasteiger partial charge in [-0.15, -0.1) is 0 Å². The number of carbonyl (C=O) groups excluding carboxylic acids is 2. The average molecular weight is 426 g/mol. The van der Waals surface area contributed by atoms with Crippen LogP contribution in [-0.4, -0.2) is 33.6 Å². The van der Waals surface area contributed by atoms with Crippen molar-refractivity contribution in [2.75, 3.05) is 0 Å². The Bertz CT molecular complexity index is 1090. The summed E-state index contributed by atoms with van der Waals surface area (Å²) < 4.78 is 0. The predicted octanol–water partition coefficient (Wildman–Crippen LogP) is -7.14. The number of pyridine rings is 1. The van der Waals surface area contributed by atoms with Crippen LogP contribution < -0.4 is 69.3 Å². The summed E-state index contributed by atoms with van der Waals surface area (Å²) >= 11 is 0. The van der Waals surface area contributed by atoms with Gasteiger partial charge >= 0.3 is 59.1 Å². The number of aliphatic imine (C=N–C) groups is 1. The minimum atomic E-state index is -2.30. The number of carboxylic acid groups (broad SMARTS) is 2. The number of hydrogen-bond donors (Lipinski definition) is 0. The summed E-state index contributed by atoms with van der Waals surface area (Å²) in [6.45, 7) is 0. The maximum absolute atomic E-state index is 11.9. The molecule has 1 aliphatic rings. The van der Waals surface area contributed by atoms with Gasteiger partial charge < -0.3 is 30.8 Å². The van der Waals surface area contributed by atoms with Crippen molar-refractivity contribution in [2.24, 2.45) is 4.99 Å². The molecular weight excluding hydrogens is 410 g/mol. The summed E-state index contributed by atoms with van der Waals surface area (Å²) in [7, 11) is 0. The van der Waals surface area contributed by atoms with Gasteiger partial charge in [-0.3, -0.25) is 4.99 Å². The minimum Gasteiger partial charge on any atom is -0.549 e. The van der Waals surface area contributed by atoms with Gasteiger partial charge in [0.25, 0.3) is 0 Å². The largest absolute Gasteiger partial charge is 1.00 e. The van der Waals surface area contributed by atoms with Gasteiger partial charge in [-0.1, -0.05) is 42.5 Å². The fraction of sp³-hybridized carbons (Fsp3) is 0.100. The maximum Gasteiger partial charge on any atom is 1.00 e. The van der Waals surface area contributed by atoms with Gasteiger partial charge in [0.15, 0.2) is 0 Å². The van der Waals surface area contributed by atoms with Crippen LogP contribution >= 0.6 is 0 Å². The zero-order valence-electron chi connectivity index (χ0n) is 16.5. The molecule has 1 aliphatic heterocycles. The van der Waals surface area contributed by atoms with Crippen LogP contribution in [0.2, 0.25) is 0 Å². The molecule has 0 radical (unpaired) electrons. The van der Waals surface area contributed by atoms with Gasteiger partial charge in [-0.2, -0.15) is 0 Å². The van der Waals surface area contributed by atoms with E-state index >= 15 is 0 Å². The summed E-state index contributed by atoms with van der Waals surface area (Å²) in [5, 5.41) is 24.6. The van der Waals surface area contributed by atoms with Crippen molar-refractivity contribution in [3.8, 4) is 0 Å². The standard InChI is InChI=1S/C20H14N2O4.2Na.2H2O/c23-18(24)20(19(25)26)11-17(22-15-8-4-2-6-13(15)20)16-10-9-12-5-1-3-7-14(12)21-16;;;;/h1-10H,11H2,(H,23,24)(H,25,26);;;2*1H2/q;2*+1;;/p-2. The molecule has 30 heavy (non-hydrogen) atoms. The molecule has 0 saturated carbocycles. The zero-order valence-corrected chi connectivity index (χ0v) is 20.5. The first kappa shape index (κ1) is 28.4. The van der Waals surface area contributed by atoms with E-state index in [1.165, 1.54) is 6.07 Å². The van der Waals surface area contributed by atoms with E-state index in [9.17, 15) is 19.8 Å². The number of aliphatic carboxylic acids is 2. The summed E-state index contributed by atoms with van der Waals surface area (Å²) in [6.07, 6.45) is -0.389. The molecule has 4 N–H and O–H groups in total. The maximum atomic E-state index is 11.9. The third-order valence-corrected chi connectivity index (χ3v) is 4.64. The number of aromatic nitrogens is 1. The van der Waals surface area contributed by atoms with Crippen molar-refractivity contribution < 1.29 is 89.9 Å². The second kappa shape index (κ2) is 11.1. The first-order valence-electron chi connectivity index (χ1n) is 7.98. The van der Waals surface area contributed by atoms with E-state index in [-0.39, 0.29) is 93.5 Å². The number of benzene rings is 2. The average Bonchev–Trinajstić information content (AvgIpc) is 2.66. The summed E-state index contributed by atoms with van der Waals surface area (Å²) in [6, 6.07) is 17.2. The molecule has 0 atom stereocenters. The second-order valence-corrected chi connectivity index (χ2v) is 6.12. The van der Waals surface area contributed by atoms with E-state index in [4.69, 9.17) is 0 Å². The number of fused-ring (bicyclic) bond motifs is 2. The predicted molar refractivity (Wildman–Crippen MR) is 97.9 cm³/mol. The van der Waals surface area contributed by atoms with Gasteiger partial charge in [0, 0.05) is 11.8 Å². The van der Waals surface area contributed by atoms with Gasteiger partial charge in [-0.05, 0) is 23.8 Å². The van der Waals surface area contributed by atoms with E-state index in [0.717, 1.165) is 5.39 Å². The number of carboxylic acids is 2. The van der Waals surface area contributed by atoms with Crippen LogP contribution in [0.25, 0.3) is 10.9 Å². The van der Waals surface area contributed by atoms with Crippen molar-refractivity contribution in [1.82, 2.24) is 4.98 Å². The van der Waals surface area contributed by atoms with Crippen molar-refractivity contribution in [3.05, 3.63) is 71.9 Å². The molecule has 0 fully saturated rings. The molecule has 0 saturated heterocycles. The van der Waals surface area contributed by atoms with Crippen molar-refractivity contribution >= 4 is 34.2 Å². The van der Waals surface area contributed by atoms with E-state index in [0.29, 0.717) is 11.2 Å². The molecule has 3 aromatic rings. The molecule has 2 heterocycles. The van der Waals surface area contributed by atoms with Crippen LogP contribution in [0.5, 0.6) is 0 Å². The van der Waals surface area contributed by atoms with Crippen LogP contribution in [-0.2, 0) is 15.0 Å². The Morgan fingerprint density at radius 2 is 1.43 bits per heavy atom. The minimum absolute atomic E-state index is 0. The summed E-state index contributed by atoms with van der Waals surface area (Å²) in [4.78, 5) is 32.7. The Labute approximate surface area is 216 Å². The summed E-state index contributed by atoms with van der Waals surface area (Å²) in [5.74, 6) is -3.45. The monoisotopic (exact) mass is 426 g/mol. The Morgan fingerprint density at radius 1 is 0.833 bits per heavy atom. The van der Waals surface area contributed by atoms with Crippen LogP contribution in [0.3, 0.4) is 0 Å². The Balaban J connectivity index is 0.00000210.